The van der Waals surface area contributed by atoms with Gasteiger partial charge >= 0.3 is 0 Å². The van der Waals surface area contributed by atoms with Gasteiger partial charge in [-0.25, -0.2) is 0 Å². The minimum atomic E-state index is 0.377. The number of ether oxygens (including phenoxy) is 1. The highest BCUT2D eigenvalue weighted by molar-refractivity contribution is 6.16. The molecule has 2 heterocycles. The molecule has 1 aromatic rings. The van der Waals surface area contributed by atoms with Crippen LogP contribution in [0.3, 0.4) is 0 Å². The maximum Gasteiger partial charge on any atom is 0.151 e. The van der Waals surface area contributed by atoms with E-state index in [4.69, 9.17) is 16.3 Å². The molecule has 4 nitrogen and oxygen atoms in total. The van der Waals surface area contributed by atoms with Crippen LogP contribution in [0.5, 0.6) is 0 Å². The second-order valence-electron chi connectivity index (χ2n) is 4.97. The molecule has 3 rings (SSSR count). The first kappa shape index (κ1) is 12.2. The summed E-state index contributed by atoms with van der Waals surface area (Å²) < 4.78 is 5.87. The lowest BCUT2D eigenvalue weighted by atomic mass is 9.90. The summed E-state index contributed by atoms with van der Waals surface area (Å²) in [6.07, 6.45) is 5.32. The number of rotatable bonds is 2. The van der Waals surface area contributed by atoms with Crippen LogP contribution in [0.1, 0.15) is 31.4 Å². The van der Waals surface area contributed by atoms with E-state index in [1.54, 1.807) is 0 Å². The van der Waals surface area contributed by atoms with E-state index in [-0.39, 0.29) is 0 Å². The van der Waals surface area contributed by atoms with Crippen LogP contribution in [0.4, 0.5) is 5.82 Å². The van der Waals surface area contributed by atoms with Gasteiger partial charge in [0.15, 0.2) is 5.82 Å². The van der Waals surface area contributed by atoms with Gasteiger partial charge in [0.1, 0.15) is 0 Å². The van der Waals surface area contributed by atoms with Crippen LogP contribution in [0.25, 0.3) is 0 Å². The molecule has 0 aromatic carbocycles. The summed E-state index contributed by atoms with van der Waals surface area (Å²) in [5.41, 5.74) is 0.828. The highest BCUT2D eigenvalue weighted by atomic mass is 35.5. The summed E-state index contributed by atoms with van der Waals surface area (Å²) in [5.74, 6) is 1.38. The minimum absolute atomic E-state index is 0.377. The first-order valence-corrected chi connectivity index (χ1v) is 7.19. The van der Waals surface area contributed by atoms with Gasteiger partial charge in [0.25, 0.3) is 0 Å². The van der Waals surface area contributed by atoms with E-state index in [9.17, 15) is 0 Å². The Morgan fingerprint density at radius 1 is 1.28 bits per heavy atom. The zero-order valence-corrected chi connectivity index (χ0v) is 11.1. The molecule has 0 N–H and O–H groups in total. The smallest absolute Gasteiger partial charge is 0.151 e. The molecule has 5 heteroatoms. The molecule has 0 bridgehead atoms. The third-order valence-electron chi connectivity index (χ3n) is 3.87. The molecule has 0 amide bonds. The van der Waals surface area contributed by atoms with Crippen molar-refractivity contribution in [1.29, 1.82) is 0 Å². The predicted octanol–water partition coefficient (Wildman–Crippen LogP) is 2.36. The lowest BCUT2D eigenvalue weighted by Crippen LogP contribution is -2.53. The van der Waals surface area contributed by atoms with E-state index in [2.05, 4.69) is 15.1 Å². The van der Waals surface area contributed by atoms with Crippen molar-refractivity contribution < 1.29 is 4.74 Å². The van der Waals surface area contributed by atoms with Crippen molar-refractivity contribution in [3.63, 3.8) is 0 Å². The molecule has 2 fully saturated rings. The first-order valence-electron chi connectivity index (χ1n) is 6.65. The van der Waals surface area contributed by atoms with E-state index in [1.807, 2.05) is 12.1 Å². The van der Waals surface area contributed by atoms with Gasteiger partial charge in [-0.05, 0) is 25.0 Å². The maximum absolute atomic E-state index is 5.87. The lowest BCUT2D eigenvalue weighted by Gasteiger charge is -2.44. The maximum atomic E-state index is 5.87. The Hall–Kier alpha value is -0.870. The van der Waals surface area contributed by atoms with Gasteiger partial charge in [-0.15, -0.1) is 16.7 Å². The Morgan fingerprint density at radius 3 is 2.94 bits per heavy atom. The van der Waals surface area contributed by atoms with Gasteiger partial charge < -0.3 is 9.64 Å². The fourth-order valence-electron chi connectivity index (χ4n) is 2.96. The van der Waals surface area contributed by atoms with E-state index in [0.29, 0.717) is 18.0 Å². The number of alkyl halides is 1. The molecule has 1 aliphatic heterocycles. The molecule has 0 spiro atoms. The van der Waals surface area contributed by atoms with Crippen molar-refractivity contribution in [3.8, 4) is 0 Å². The molecule has 1 saturated carbocycles. The number of morpholine rings is 1. The Bertz CT molecular complexity index is 396. The van der Waals surface area contributed by atoms with E-state index in [0.717, 1.165) is 24.7 Å². The highest BCUT2D eigenvalue weighted by Gasteiger charge is 2.34. The third-order valence-corrected chi connectivity index (χ3v) is 4.14. The quantitative estimate of drug-likeness (QED) is 0.771. The average molecular weight is 268 g/mol. The van der Waals surface area contributed by atoms with Crippen molar-refractivity contribution in [1.82, 2.24) is 10.2 Å². The molecule has 2 unspecified atom stereocenters. The third kappa shape index (κ3) is 2.31. The number of aromatic nitrogens is 2. The molecule has 1 aliphatic carbocycles. The molecule has 1 saturated heterocycles. The minimum Gasteiger partial charge on any atom is -0.374 e. The normalized spacial score (nSPS) is 27.9. The van der Waals surface area contributed by atoms with Crippen molar-refractivity contribution in [2.24, 2.45) is 0 Å². The Morgan fingerprint density at radius 2 is 2.17 bits per heavy atom. The van der Waals surface area contributed by atoms with Gasteiger partial charge in [-0.2, -0.15) is 5.10 Å². The second kappa shape index (κ2) is 5.41. The molecular weight excluding hydrogens is 250 g/mol. The van der Waals surface area contributed by atoms with Gasteiger partial charge in [-0.3, -0.25) is 0 Å². The number of nitrogens with zero attached hydrogens (tertiary/aromatic N) is 3. The summed E-state index contributed by atoms with van der Waals surface area (Å²) >= 11 is 5.74. The summed E-state index contributed by atoms with van der Waals surface area (Å²) in [4.78, 5) is 2.36. The largest absolute Gasteiger partial charge is 0.374 e. The molecule has 1 aromatic heterocycles. The van der Waals surface area contributed by atoms with Crippen LogP contribution >= 0.6 is 11.6 Å². The van der Waals surface area contributed by atoms with Crippen LogP contribution < -0.4 is 4.90 Å². The van der Waals surface area contributed by atoms with Crippen LogP contribution in [0.2, 0.25) is 0 Å². The summed E-state index contributed by atoms with van der Waals surface area (Å²) in [7, 11) is 0. The summed E-state index contributed by atoms with van der Waals surface area (Å²) in [5, 5.41) is 8.45. The average Bonchev–Trinajstić information content (AvgIpc) is 2.47. The van der Waals surface area contributed by atoms with Crippen LogP contribution in [0.15, 0.2) is 12.1 Å². The fraction of sp³-hybridized carbons (Fsp3) is 0.692. The molecule has 0 radical (unpaired) electrons. The summed E-state index contributed by atoms with van der Waals surface area (Å²) in [6, 6.07) is 4.47. The number of halogens is 1. The number of hydrogen-bond donors (Lipinski definition) is 0. The second-order valence-corrected chi connectivity index (χ2v) is 5.24. The first-order chi connectivity index (χ1) is 8.88. The molecule has 98 valence electrons. The van der Waals surface area contributed by atoms with Gasteiger partial charge in [0, 0.05) is 6.54 Å². The fourth-order valence-corrected chi connectivity index (χ4v) is 3.10. The molecular formula is C13H18ClN3O. The van der Waals surface area contributed by atoms with Gasteiger partial charge in [0.2, 0.25) is 0 Å². The Labute approximate surface area is 112 Å². The molecule has 18 heavy (non-hydrogen) atoms. The number of fused-ring (bicyclic) bond motifs is 1. The predicted molar refractivity (Wildman–Crippen MR) is 70.9 cm³/mol. The van der Waals surface area contributed by atoms with Gasteiger partial charge in [0.05, 0.1) is 30.3 Å². The lowest BCUT2D eigenvalue weighted by molar-refractivity contribution is -0.00904. The van der Waals surface area contributed by atoms with Gasteiger partial charge in [-0.1, -0.05) is 12.8 Å². The van der Waals surface area contributed by atoms with Crippen LogP contribution in [-0.4, -0.2) is 35.5 Å². The topological polar surface area (TPSA) is 38.2 Å². The standard InChI is InChI=1S/C13H18ClN3O/c14-9-10-5-6-13(16-15-10)17-7-8-18-12-4-2-1-3-11(12)17/h5-6,11-12H,1-4,7-9H2. The molecule has 2 atom stereocenters. The van der Waals surface area contributed by atoms with Crippen molar-refractivity contribution >= 4 is 17.4 Å². The number of hydrogen-bond acceptors (Lipinski definition) is 4. The SMILES string of the molecule is ClCc1ccc(N2CCOC3CCCCC32)nn1. The monoisotopic (exact) mass is 267 g/mol. The Kier molecular flexibility index (Phi) is 3.66. The highest BCUT2D eigenvalue weighted by Crippen LogP contribution is 2.30. The van der Waals surface area contributed by atoms with E-state index < -0.39 is 0 Å². The zero-order valence-electron chi connectivity index (χ0n) is 10.4. The van der Waals surface area contributed by atoms with Crippen molar-refractivity contribution in [2.45, 2.75) is 43.7 Å². The Balaban J connectivity index is 1.80. The summed E-state index contributed by atoms with van der Waals surface area (Å²) in [6.45, 7) is 1.70. The van der Waals surface area contributed by atoms with Crippen LogP contribution in [0, 0.1) is 0 Å². The number of anilines is 1. The van der Waals surface area contributed by atoms with Crippen molar-refractivity contribution in [2.75, 3.05) is 18.1 Å². The molecule has 2 aliphatic rings. The zero-order chi connectivity index (χ0) is 12.4. The van der Waals surface area contributed by atoms with Crippen molar-refractivity contribution in [3.05, 3.63) is 17.8 Å². The van der Waals surface area contributed by atoms with E-state index >= 15 is 0 Å². The van der Waals surface area contributed by atoms with Crippen LogP contribution in [-0.2, 0) is 10.6 Å². The van der Waals surface area contributed by atoms with E-state index in [1.165, 1.54) is 25.7 Å².